The van der Waals surface area contributed by atoms with Gasteiger partial charge in [-0.25, -0.2) is 0 Å². The van der Waals surface area contributed by atoms with Crippen molar-refractivity contribution in [2.75, 3.05) is 7.11 Å². The van der Waals surface area contributed by atoms with Gasteiger partial charge >= 0.3 is 0 Å². The molecule has 1 aliphatic carbocycles. The summed E-state index contributed by atoms with van der Waals surface area (Å²) in [4.78, 5) is 0. The minimum absolute atomic E-state index is 0.413. The number of hydrogen-bond donors (Lipinski definition) is 1. The van der Waals surface area contributed by atoms with Crippen molar-refractivity contribution in [2.24, 2.45) is 0 Å². The van der Waals surface area contributed by atoms with Gasteiger partial charge in [-0.1, -0.05) is 18.9 Å². The lowest BCUT2D eigenvalue weighted by Gasteiger charge is -2.33. The van der Waals surface area contributed by atoms with Crippen molar-refractivity contribution in [3.63, 3.8) is 0 Å². The molecule has 2 nitrogen and oxygen atoms in total. The highest BCUT2D eigenvalue weighted by atomic mass is 16.5. The molecule has 0 heterocycles. The van der Waals surface area contributed by atoms with Crippen molar-refractivity contribution in [2.45, 2.75) is 57.2 Å². The second kappa shape index (κ2) is 6.20. The molecule has 0 aromatic heterocycles. The van der Waals surface area contributed by atoms with E-state index in [1.807, 2.05) is 13.2 Å². The van der Waals surface area contributed by atoms with Gasteiger partial charge in [-0.05, 0) is 26.2 Å². The van der Waals surface area contributed by atoms with Gasteiger partial charge in [-0.2, -0.15) is 0 Å². The lowest BCUT2D eigenvalue weighted by molar-refractivity contribution is 0.0385. The molecule has 0 aliphatic heterocycles. The fourth-order valence-corrected chi connectivity index (χ4v) is 2.25. The zero-order chi connectivity index (χ0) is 10.4. The van der Waals surface area contributed by atoms with Gasteiger partial charge in [0.2, 0.25) is 0 Å². The molecule has 0 radical (unpaired) electrons. The summed E-state index contributed by atoms with van der Waals surface area (Å²) in [5.41, 5.74) is 0. The first kappa shape index (κ1) is 11.7. The molecule has 14 heavy (non-hydrogen) atoms. The fraction of sp³-hybridized carbons (Fsp3) is 0.833. The predicted molar refractivity (Wildman–Crippen MR) is 60.5 cm³/mol. The Hall–Kier alpha value is -0.340. The number of rotatable bonds is 5. The third-order valence-corrected chi connectivity index (χ3v) is 3.02. The summed E-state index contributed by atoms with van der Waals surface area (Å²) in [7, 11) is 1.82. The molecule has 1 fully saturated rings. The lowest BCUT2D eigenvalue weighted by atomic mass is 9.91. The maximum Gasteiger partial charge on any atom is 0.0724 e. The van der Waals surface area contributed by atoms with Gasteiger partial charge in [0.1, 0.15) is 0 Å². The van der Waals surface area contributed by atoms with Crippen LogP contribution in [0.4, 0.5) is 0 Å². The second-order valence-electron chi connectivity index (χ2n) is 4.26. The van der Waals surface area contributed by atoms with E-state index in [9.17, 15) is 0 Å². The summed E-state index contributed by atoms with van der Waals surface area (Å²) in [6, 6.07) is 1.07. The SMILES string of the molecule is C=CCC(C)NC1CCCCC1OC. The maximum absolute atomic E-state index is 5.49. The van der Waals surface area contributed by atoms with Crippen molar-refractivity contribution in [3.8, 4) is 0 Å². The first-order chi connectivity index (χ1) is 6.77. The average Bonchev–Trinajstić information content (AvgIpc) is 2.19. The monoisotopic (exact) mass is 197 g/mol. The predicted octanol–water partition coefficient (Wildman–Crippen LogP) is 2.50. The summed E-state index contributed by atoms with van der Waals surface area (Å²) in [5, 5.41) is 3.62. The van der Waals surface area contributed by atoms with E-state index in [4.69, 9.17) is 4.74 Å². The average molecular weight is 197 g/mol. The summed E-state index contributed by atoms with van der Waals surface area (Å²) in [6.45, 7) is 5.97. The summed E-state index contributed by atoms with van der Waals surface area (Å²) >= 11 is 0. The minimum Gasteiger partial charge on any atom is -0.380 e. The molecule has 0 aromatic rings. The highest BCUT2D eigenvalue weighted by molar-refractivity contribution is 4.85. The smallest absolute Gasteiger partial charge is 0.0724 e. The molecular weight excluding hydrogens is 174 g/mol. The Balaban J connectivity index is 2.35. The molecule has 1 N–H and O–H groups in total. The summed E-state index contributed by atoms with van der Waals surface area (Å²) < 4.78 is 5.49. The Morgan fingerprint density at radius 2 is 2.21 bits per heavy atom. The van der Waals surface area contributed by atoms with Crippen LogP contribution in [0.15, 0.2) is 12.7 Å². The first-order valence-electron chi connectivity index (χ1n) is 5.67. The Bertz CT molecular complexity index is 170. The maximum atomic E-state index is 5.49. The largest absolute Gasteiger partial charge is 0.380 e. The molecule has 1 saturated carbocycles. The Morgan fingerprint density at radius 3 is 2.86 bits per heavy atom. The normalized spacial score (nSPS) is 29.9. The topological polar surface area (TPSA) is 21.3 Å². The van der Waals surface area contributed by atoms with Crippen molar-refractivity contribution >= 4 is 0 Å². The van der Waals surface area contributed by atoms with Crippen LogP contribution in [0.2, 0.25) is 0 Å². The van der Waals surface area contributed by atoms with Gasteiger partial charge in [0.05, 0.1) is 6.10 Å². The van der Waals surface area contributed by atoms with E-state index in [1.54, 1.807) is 0 Å². The lowest BCUT2D eigenvalue weighted by Crippen LogP contribution is -2.46. The van der Waals surface area contributed by atoms with Crippen LogP contribution in [0, 0.1) is 0 Å². The molecule has 1 rings (SSSR count). The molecule has 0 aromatic carbocycles. The van der Waals surface area contributed by atoms with Crippen LogP contribution in [0.25, 0.3) is 0 Å². The number of methoxy groups -OCH3 is 1. The minimum atomic E-state index is 0.413. The van der Waals surface area contributed by atoms with Crippen LogP contribution in [0.3, 0.4) is 0 Å². The van der Waals surface area contributed by atoms with Crippen molar-refractivity contribution in [3.05, 3.63) is 12.7 Å². The molecule has 1 aliphatic rings. The van der Waals surface area contributed by atoms with Crippen molar-refractivity contribution in [1.82, 2.24) is 5.32 Å². The number of nitrogens with one attached hydrogen (secondary N) is 1. The van der Waals surface area contributed by atoms with E-state index in [1.165, 1.54) is 25.7 Å². The van der Waals surface area contributed by atoms with Gasteiger partial charge in [-0.15, -0.1) is 6.58 Å². The Kier molecular flexibility index (Phi) is 5.20. The third-order valence-electron chi connectivity index (χ3n) is 3.02. The van der Waals surface area contributed by atoms with E-state index < -0.39 is 0 Å². The van der Waals surface area contributed by atoms with Crippen LogP contribution >= 0.6 is 0 Å². The zero-order valence-electron chi connectivity index (χ0n) is 9.46. The van der Waals surface area contributed by atoms with Crippen LogP contribution in [0.5, 0.6) is 0 Å². The van der Waals surface area contributed by atoms with Crippen molar-refractivity contribution < 1.29 is 4.74 Å². The number of hydrogen-bond acceptors (Lipinski definition) is 2. The standard InChI is InChI=1S/C12H23NO/c1-4-7-10(2)13-11-8-5-6-9-12(11)14-3/h4,10-13H,1,5-9H2,2-3H3. The Labute approximate surface area is 87.7 Å². The quantitative estimate of drug-likeness (QED) is 0.684. The van der Waals surface area contributed by atoms with Crippen molar-refractivity contribution in [1.29, 1.82) is 0 Å². The highest BCUT2D eigenvalue weighted by Gasteiger charge is 2.25. The molecule has 0 spiro atoms. The van der Waals surface area contributed by atoms with Gasteiger partial charge in [0.25, 0.3) is 0 Å². The first-order valence-corrected chi connectivity index (χ1v) is 5.67. The summed E-state index contributed by atoms with van der Waals surface area (Å²) in [5.74, 6) is 0. The molecule has 82 valence electrons. The van der Waals surface area contributed by atoms with Gasteiger partial charge < -0.3 is 10.1 Å². The third kappa shape index (κ3) is 3.43. The molecule has 0 saturated heterocycles. The van der Waals surface area contributed by atoms with Crippen LogP contribution in [-0.4, -0.2) is 25.3 Å². The van der Waals surface area contributed by atoms with E-state index in [2.05, 4.69) is 18.8 Å². The van der Waals surface area contributed by atoms with Crippen LogP contribution in [0.1, 0.15) is 39.0 Å². The summed E-state index contributed by atoms with van der Waals surface area (Å²) in [6.07, 6.45) is 8.52. The molecule has 3 atom stereocenters. The molecule has 0 bridgehead atoms. The van der Waals surface area contributed by atoms with E-state index >= 15 is 0 Å². The van der Waals surface area contributed by atoms with E-state index in [-0.39, 0.29) is 0 Å². The molecule has 3 unspecified atom stereocenters. The molecule has 2 heteroatoms. The van der Waals surface area contributed by atoms with E-state index in [0.717, 1.165) is 6.42 Å². The van der Waals surface area contributed by atoms with E-state index in [0.29, 0.717) is 18.2 Å². The molecule has 0 amide bonds. The fourth-order valence-electron chi connectivity index (χ4n) is 2.25. The second-order valence-corrected chi connectivity index (χ2v) is 4.26. The number of ether oxygens (including phenoxy) is 1. The molecular formula is C12H23NO. The Morgan fingerprint density at radius 1 is 1.50 bits per heavy atom. The zero-order valence-corrected chi connectivity index (χ0v) is 9.46. The highest BCUT2D eigenvalue weighted by Crippen LogP contribution is 2.21. The van der Waals surface area contributed by atoms with Gasteiger partial charge in [0, 0.05) is 19.2 Å². The van der Waals surface area contributed by atoms with Gasteiger partial charge in [0.15, 0.2) is 0 Å². The van der Waals surface area contributed by atoms with Gasteiger partial charge in [-0.3, -0.25) is 0 Å². The van der Waals surface area contributed by atoms with Crippen LogP contribution < -0.4 is 5.32 Å². The van der Waals surface area contributed by atoms with Crippen LogP contribution in [-0.2, 0) is 4.74 Å².